The van der Waals surface area contributed by atoms with Crippen LogP contribution in [0.25, 0.3) is 0 Å². The molecule has 0 radical (unpaired) electrons. The first-order valence-electron chi connectivity index (χ1n) is 5.99. The van der Waals surface area contributed by atoms with Gasteiger partial charge in [0, 0.05) is 17.8 Å². The first-order chi connectivity index (χ1) is 8.63. The number of carbonyl (C=O) groups is 2. The topological polar surface area (TPSA) is 49.4 Å². The Morgan fingerprint density at radius 2 is 2.33 bits per heavy atom. The maximum atomic E-state index is 12.3. The molecule has 6 heteroatoms. The van der Waals surface area contributed by atoms with Crippen LogP contribution < -0.4 is 5.32 Å². The van der Waals surface area contributed by atoms with Crippen molar-refractivity contribution in [3.8, 4) is 0 Å². The van der Waals surface area contributed by atoms with Crippen LogP contribution in [0.3, 0.4) is 0 Å². The van der Waals surface area contributed by atoms with Crippen LogP contribution in [0.15, 0.2) is 9.85 Å². The summed E-state index contributed by atoms with van der Waals surface area (Å²) in [6.45, 7) is 1.43. The number of nitrogens with one attached hydrogen (secondary N) is 1. The van der Waals surface area contributed by atoms with E-state index in [9.17, 15) is 9.59 Å². The lowest BCUT2D eigenvalue weighted by atomic mass is 10.1. The zero-order valence-electron chi connectivity index (χ0n) is 9.74. The Morgan fingerprint density at radius 3 is 3.06 bits per heavy atom. The number of halogens is 1. The Balaban J connectivity index is 1.71. The van der Waals surface area contributed by atoms with Crippen molar-refractivity contribution >= 4 is 39.1 Å². The van der Waals surface area contributed by atoms with Crippen molar-refractivity contribution in [2.45, 2.75) is 31.8 Å². The highest BCUT2D eigenvalue weighted by atomic mass is 79.9. The summed E-state index contributed by atoms with van der Waals surface area (Å²) in [5.74, 6) is 0.0564. The molecule has 18 heavy (non-hydrogen) atoms. The molecule has 1 saturated heterocycles. The maximum absolute atomic E-state index is 12.3. The molecule has 1 atom stereocenters. The average molecular weight is 329 g/mol. The van der Waals surface area contributed by atoms with E-state index in [1.54, 1.807) is 11.3 Å². The summed E-state index contributed by atoms with van der Waals surface area (Å²) >= 11 is 5.17. The maximum Gasteiger partial charge on any atom is 0.245 e. The molecule has 0 aliphatic carbocycles. The van der Waals surface area contributed by atoms with Crippen molar-refractivity contribution in [1.82, 2.24) is 10.2 Å². The summed E-state index contributed by atoms with van der Waals surface area (Å²) in [6, 6.07) is 1.83. The van der Waals surface area contributed by atoms with E-state index in [2.05, 4.69) is 27.3 Å². The second-order valence-electron chi connectivity index (χ2n) is 4.67. The number of amides is 2. The molecular weight excluding hydrogens is 316 g/mol. The summed E-state index contributed by atoms with van der Waals surface area (Å²) in [5.41, 5.74) is 1.34. The number of nitrogens with zero attached hydrogens (tertiary/aromatic N) is 1. The molecule has 0 bridgehead atoms. The molecule has 4 nitrogen and oxygen atoms in total. The Labute approximate surface area is 117 Å². The Bertz CT molecular complexity index is 514. The highest BCUT2D eigenvalue weighted by Gasteiger charge is 2.32. The van der Waals surface area contributed by atoms with Gasteiger partial charge in [-0.1, -0.05) is 0 Å². The van der Waals surface area contributed by atoms with Gasteiger partial charge in [-0.25, -0.2) is 0 Å². The molecule has 0 spiro atoms. The minimum Gasteiger partial charge on any atom is -0.344 e. The molecule has 1 aromatic rings. The average Bonchev–Trinajstić information content (AvgIpc) is 2.92. The fourth-order valence-corrected chi connectivity index (χ4v) is 4.30. The van der Waals surface area contributed by atoms with Crippen molar-refractivity contribution in [1.29, 1.82) is 0 Å². The Hall–Kier alpha value is -0.880. The summed E-state index contributed by atoms with van der Waals surface area (Å²) in [7, 11) is 0. The molecule has 2 amide bonds. The van der Waals surface area contributed by atoms with Crippen LogP contribution in [0, 0.1) is 0 Å². The molecule has 1 aromatic heterocycles. The summed E-state index contributed by atoms with van der Waals surface area (Å²) in [4.78, 5) is 26.5. The molecule has 1 fully saturated rings. The van der Waals surface area contributed by atoms with Gasteiger partial charge in [-0.3, -0.25) is 9.59 Å². The minimum absolute atomic E-state index is 0.00934. The molecule has 2 aliphatic rings. The van der Waals surface area contributed by atoms with Crippen LogP contribution in [0.5, 0.6) is 0 Å². The van der Waals surface area contributed by atoms with E-state index in [1.807, 2.05) is 4.90 Å². The third-order valence-electron chi connectivity index (χ3n) is 3.46. The SMILES string of the molecule is O=C1CC[C@H](C(=O)N2CCc3cc(Br)sc3C2)N1. The van der Waals surface area contributed by atoms with Gasteiger partial charge in [-0.2, -0.15) is 0 Å². The van der Waals surface area contributed by atoms with Crippen LogP contribution in [0.2, 0.25) is 0 Å². The van der Waals surface area contributed by atoms with E-state index < -0.39 is 0 Å². The standard InChI is InChI=1S/C12H13BrN2O2S/c13-10-5-7-3-4-15(6-9(7)18-10)12(17)8-1-2-11(16)14-8/h5,8H,1-4,6H2,(H,14,16)/t8-/m1/s1. The van der Waals surface area contributed by atoms with Gasteiger partial charge < -0.3 is 10.2 Å². The predicted molar refractivity (Wildman–Crippen MR) is 72.3 cm³/mol. The third-order valence-corrected chi connectivity index (χ3v) is 5.12. The first-order valence-corrected chi connectivity index (χ1v) is 7.59. The highest BCUT2D eigenvalue weighted by molar-refractivity contribution is 9.11. The lowest BCUT2D eigenvalue weighted by Gasteiger charge is -2.29. The van der Waals surface area contributed by atoms with E-state index >= 15 is 0 Å². The molecular formula is C12H13BrN2O2S. The number of hydrogen-bond acceptors (Lipinski definition) is 3. The van der Waals surface area contributed by atoms with Gasteiger partial charge in [-0.05, 0) is 40.4 Å². The summed E-state index contributed by atoms with van der Waals surface area (Å²) < 4.78 is 1.12. The minimum atomic E-state index is -0.303. The van der Waals surface area contributed by atoms with E-state index in [4.69, 9.17) is 0 Å². The predicted octanol–water partition coefficient (Wildman–Crippen LogP) is 1.67. The quantitative estimate of drug-likeness (QED) is 0.852. The van der Waals surface area contributed by atoms with Crippen molar-refractivity contribution in [3.63, 3.8) is 0 Å². The normalized spacial score (nSPS) is 22.8. The zero-order chi connectivity index (χ0) is 12.7. The Morgan fingerprint density at radius 1 is 1.50 bits per heavy atom. The molecule has 0 unspecified atom stereocenters. The molecule has 0 saturated carbocycles. The molecule has 3 heterocycles. The van der Waals surface area contributed by atoms with E-state index in [0.29, 0.717) is 19.4 Å². The fourth-order valence-electron chi connectivity index (χ4n) is 2.49. The monoisotopic (exact) mass is 328 g/mol. The van der Waals surface area contributed by atoms with Crippen LogP contribution >= 0.6 is 27.3 Å². The van der Waals surface area contributed by atoms with Crippen LogP contribution in [0.1, 0.15) is 23.3 Å². The lowest BCUT2D eigenvalue weighted by Crippen LogP contribution is -2.46. The first kappa shape index (κ1) is 12.2. The van der Waals surface area contributed by atoms with Gasteiger partial charge in [0.1, 0.15) is 6.04 Å². The smallest absolute Gasteiger partial charge is 0.245 e. The number of carbonyl (C=O) groups excluding carboxylic acids is 2. The van der Waals surface area contributed by atoms with E-state index in [-0.39, 0.29) is 17.9 Å². The van der Waals surface area contributed by atoms with Crippen molar-refractivity contribution in [2.75, 3.05) is 6.54 Å². The summed E-state index contributed by atoms with van der Waals surface area (Å²) in [5, 5.41) is 2.74. The largest absolute Gasteiger partial charge is 0.344 e. The van der Waals surface area contributed by atoms with Crippen LogP contribution in [-0.2, 0) is 22.6 Å². The second-order valence-corrected chi connectivity index (χ2v) is 7.18. The van der Waals surface area contributed by atoms with Crippen LogP contribution in [0.4, 0.5) is 0 Å². The van der Waals surface area contributed by atoms with E-state index in [1.165, 1.54) is 10.4 Å². The number of fused-ring (bicyclic) bond motifs is 1. The lowest BCUT2D eigenvalue weighted by molar-refractivity contribution is -0.135. The third kappa shape index (κ3) is 2.19. The Kier molecular flexibility index (Phi) is 3.15. The molecule has 3 rings (SSSR count). The van der Waals surface area contributed by atoms with E-state index in [0.717, 1.165) is 16.8 Å². The number of hydrogen-bond donors (Lipinski definition) is 1. The van der Waals surface area contributed by atoms with Gasteiger partial charge in [-0.15, -0.1) is 11.3 Å². The van der Waals surface area contributed by atoms with Gasteiger partial charge in [0.25, 0.3) is 0 Å². The molecule has 0 aromatic carbocycles. The van der Waals surface area contributed by atoms with Gasteiger partial charge in [0.15, 0.2) is 0 Å². The zero-order valence-corrected chi connectivity index (χ0v) is 12.1. The summed E-state index contributed by atoms with van der Waals surface area (Å²) in [6.07, 6.45) is 2.01. The van der Waals surface area contributed by atoms with Crippen molar-refractivity contribution in [3.05, 3.63) is 20.3 Å². The van der Waals surface area contributed by atoms with Gasteiger partial charge in [0.2, 0.25) is 11.8 Å². The van der Waals surface area contributed by atoms with Crippen molar-refractivity contribution < 1.29 is 9.59 Å². The highest BCUT2D eigenvalue weighted by Crippen LogP contribution is 2.31. The fraction of sp³-hybridized carbons (Fsp3) is 0.500. The van der Waals surface area contributed by atoms with Crippen LogP contribution in [-0.4, -0.2) is 29.3 Å². The molecule has 2 aliphatic heterocycles. The molecule has 96 valence electrons. The second kappa shape index (κ2) is 4.66. The van der Waals surface area contributed by atoms with Gasteiger partial charge >= 0.3 is 0 Å². The molecule has 1 N–H and O–H groups in total. The number of rotatable bonds is 1. The number of thiophene rings is 1. The van der Waals surface area contributed by atoms with Crippen molar-refractivity contribution in [2.24, 2.45) is 0 Å². The van der Waals surface area contributed by atoms with Gasteiger partial charge in [0.05, 0.1) is 10.3 Å².